The van der Waals surface area contributed by atoms with Crippen LogP contribution in [0.1, 0.15) is 24.4 Å². The van der Waals surface area contributed by atoms with E-state index in [0.717, 1.165) is 24.3 Å². The van der Waals surface area contributed by atoms with Crippen LogP contribution < -0.4 is 10.5 Å². The minimum atomic E-state index is -0.326. The van der Waals surface area contributed by atoms with E-state index < -0.39 is 0 Å². The Hall–Kier alpha value is -2.08. The Labute approximate surface area is 142 Å². The van der Waals surface area contributed by atoms with Crippen LogP contribution in [-0.2, 0) is 9.59 Å². The molecule has 3 atom stereocenters. The molecular formula is C18H25N3O3. The van der Waals surface area contributed by atoms with Crippen LogP contribution in [0.15, 0.2) is 24.3 Å². The normalized spacial score (nSPS) is 27.0. The molecule has 0 unspecified atom stereocenters. The van der Waals surface area contributed by atoms with Crippen molar-refractivity contribution in [1.82, 2.24) is 9.80 Å². The van der Waals surface area contributed by atoms with Gasteiger partial charge >= 0.3 is 0 Å². The van der Waals surface area contributed by atoms with Crippen LogP contribution in [0.25, 0.3) is 0 Å². The molecule has 0 aliphatic carbocycles. The number of carbonyl (C=O) groups is 2. The maximum absolute atomic E-state index is 13.0. The lowest BCUT2D eigenvalue weighted by molar-refractivity contribution is -0.135. The van der Waals surface area contributed by atoms with Crippen molar-refractivity contribution in [3.05, 3.63) is 29.8 Å². The number of carbonyl (C=O) groups excluding carboxylic acids is 2. The minimum Gasteiger partial charge on any atom is -0.497 e. The molecule has 130 valence electrons. The molecule has 2 amide bonds. The standard InChI is InChI=1S/C18H25N3O3/c1-20-16(22)9-15(18(23)21-8-7-12(10-19)11-21)17(20)13-3-5-14(24-2)6-4-13/h3-6,12,15,17H,7-11,19H2,1-2H3/t12-,15-,17+/m0/s1. The van der Waals surface area contributed by atoms with Crippen LogP contribution in [0.3, 0.4) is 0 Å². The molecule has 0 saturated carbocycles. The van der Waals surface area contributed by atoms with Crippen LogP contribution in [0.2, 0.25) is 0 Å². The van der Waals surface area contributed by atoms with Crippen molar-refractivity contribution < 1.29 is 14.3 Å². The Morgan fingerprint density at radius 2 is 2.04 bits per heavy atom. The predicted molar refractivity (Wildman–Crippen MR) is 90.4 cm³/mol. The zero-order chi connectivity index (χ0) is 17.3. The molecule has 2 aliphatic heterocycles. The summed E-state index contributed by atoms with van der Waals surface area (Å²) in [5.41, 5.74) is 6.70. The van der Waals surface area contributed by atoms with Crippen molar-refractivity contribution in [3.63, 3.8) is 0 Å². The second-order valence-corrected chi connectivity index (χ2v) is 6.71. The summed E-state index contributed by atoms with van der Waals surface area (Å²) in [6, 6.07) is 7.39. The largest absolute Gasteiger partial charge is 0.497 e. The van der Waals surface area contributed by atoms with Gasteiger partial charge in [-0.25, -0.2) is 0 Å². The van der Waals surface area contributed by atoms with Crippen LogP contribution in [0.4, 0.5) is 0 Å². The van der Waals surface area contributed by atoms with Gasteiger partial charge in [-0.1, -0.05) is 12.1 Å². The number of hydrogen-bond donors (Lipinski definition) is 1. The molecule has 6 heteroatoms. The smallest absolute Gasteiger partial charge is 0.228 e. The fourth-order valence-corrected chi connectivity index (χ4v) is 3.81. The summed E-state index contributed by atoms with van der Waals surface area (Å²) < 4.78 is 5.19. The molecule has 2 N–H and O–H groups in total. The summed E-state index contributed by atoms with van der Waals surface area (Å²) in [5.74, 6) is 0.905. The molecule has 2 saturated heterocycles. The van der Waals surface area contributed by atoms with Gasteiger partial charge in [-0.05, 0) is 36.6 Å². The predicted octanol–water partition coefficient (Wildman–Crippen LogP) is 1.02. The fraction of sp³-hybridized carbons (Fsp3) is 0.556. The SMILES string of the molecule is COc1ccc([C@@H]2[C@@H](C(=O)N3CC[C@@H](CN)C3)CC(=O)N2C)cc1. The van der Waals surface area contributed by atoms with Gasteiger partial charge in [0.15, 0.2) is 0 Å². The number of ether oxygens (including phenoxy) is 1. The van der Waals surface area contributed by atoms with E-state index in [-0.39, 0.29) is 30.2 Å². The van der Waals surface area contributed by atoms with Crippen LogP contribution >= 0.6 is 0 Å². The van der Waals surface area contributed by atoms with Crippen molar-refractivity contribution in [2.75, 3.05) is 33.8 Å². The van der Waals surface area contributed by atoms with E-state index in [9.17, 15) is 9.59 Å². The van der Waals surface area contributed by atoms with Crippen LogP contribution in [-0.4, -0.2) is 55.4 Å². The van der Waals surface area contributed by atoms with Gasteiger partial charge in [0.05, 0.1) is 19.1 Å². The molecule has 1 aromatic carbocycles. The average Bonchev–Trinajstić information content (AvgIpc) is 3.20. The first-order valence-electron chi connectivity index (χ1n) is 8.43. The third-order valence-corrected chi connectivity index (χ3v) is 5.29. The number of benzene rings is 1. The summed E-state index contributed by atoms with van der Waals surface area (Å²) in [4.78, 5) is 28.8. The quantitative estimate of drug-likeness (QED) is 0.894. The van der Waals surface area contributed by atoms with Crippen molar-refractivity contribution in [3.8, 4) is 5.75 Å². The zero-order valence-corrected chi connectivity index (χ0v) is 14.3. The number of amides is 2. The van der Waals surface area contributed by atoms with E-state index in [1.165, 1.54) is 0 Å². The maximum Gasteiger partial charge on any atom is 0.228 e. The van der Waals surface area contributed by atoms with E-state index in [4.69, 9.17) is 10.5 Å². The molecule has 3 rings (SSSR count). The number of rotatable bonds is 4. The maximum atomic E-state index is 13.0. The highest BCUT2D eigenvalue weighted by molar-refractivity contribution is 5.90. The first kappa shape index (κ1) is 16.8. The van der Waals surface area contributed by atoms with Crippen molar-refractivity contribution in [2.24, 2.45) is 17.6 Å². The van der Waals surface area contributed by atoms with Gasteiger partial charge in [0.2, 0.25) is 11.8 Å². The number of hydrogen-bond acceptors (Lipinski definition) is 4. The molecule has 2 heterocycles. The van der Waals surface area contributed by atoms with E-state index in [1.807, 2.05) is 29.2 Å². The fourth-order valence-electron chi connectivity index (χ4n) is 3.81. The van der Waals surface area contributed by atoms with E-state index in [0.29, 0.717) is 19.0 Å². The third-order valence-electron chi connectivity index (χ3n) is 5.29. The first-order chi connectivity index (χ1) is 11.5. The highest BCUT2D eigenvalue weighted by atomic mass is 16.5. The second-order valence-electron chi connectivity index (χ2n) is 6.71. The number of nitrogens with zero attached hydrogens (tertiary/aromatic N) is 2. The van der Waals surface area contributed by atoms with Gasteiger partial charge in [0.1, 0.15) is 5.75 Å². The van der Waals surface area contributed by atoms with E-state index in [2.05, 4.69) is 0 Å². The van der Waals surface area contributed by atoms with Crippen LogP contribution in [0, 0.1) is 11.8 Å². The number of methoxy groups -OCH3 is 1. The van der Waals surface area contributed by atoms with E-state index >= 15 is 0 Å². The zero-order valence-electron chi connectivity index (χ0n) is 14.3. The lowest BCUT2D eigenvalue weighted by Crippen LogP contribution is -2.37. The number of nitrogens with two attached hydrogens (primary N) is 1. The Balaban J connectivity index is 1.82. The van der Waals surface area contributed by atoms with Gasteiger partial charge in [0, 0.05) is 26.6 Å². The van der Waals surface area contributed by atoms with Gasteiger partial charge in [-0.3, -0.25) is 9.59 Å². The molecule has 24 heavy (non-hydrogen) atoms. The summed E-state index contributed by atoms with van der Waals surface area (Å²) in [5, 5.41) is 0. The summed E-state index contributed by atoms with van der Waals surface area (Å²) >= 11 is 0. The molecule has 2 fully saturated rings. The lowest BCUT2D eigenvalue weighted by atomic mass is 9.92. The van der Waals surface area contributed by atoms with Crippen molar-refractivity contribution >= 4 is 11.8 Å². The van der Waals surface area contributed by atoms with Crippen LogP contribution in [0.5, 0.6) is 5.75 Å². The Kier molecular flexibility index (Phi) is 4.76. The highest BCUT2D eigenvalue weighted by Gasteiger charge is 2.45. The van der Waals surface area contributed by atoms with Gasteiger partial charge in [-0.15, -0.1) is 0 Å². The minimum absolute atomic E-state index is 0.0174. The third kappa shape index (κ3) is 2.98. The summed E-state index contributed by atoms with van der Waals surface area (Å²) in [6.07, 6.45) is 1.22. The highest BCUT2D eigenvalue weighted by Crippen LogP contribution is 2.39. The summed E-state index contributed by atoms with van der Waals surface area (Å²) in [7, 11) is 3.39. The van der Waals surface area contributed by atoms with Crippen molar-refractivity contribution in [2.45, 2.75) is 18.9 Å². The topological polar surface area (TPSA) is 75.9 Å². The molecule has 0 radical (unpaired) electrons. The molecular weight excluding hydrogens is 306 g/mol. The molecule has 0 aromatic heterocycles. The van der Waals surface area contributed by atoms with Crippen molar-refractivity contribution in [1.29, 1.82) is 0 Å². The Morgan fingerprint density at radius 3 is 2.62 bits per heavy atom. The second kappa shape index (κ2) is 6.81. The molecule has 2 aliphatic rings. The first-order valence-corrected chi connectivity index (χ1v) is 8.43. The Bertz CT molecular complexity index is 616. The molecule has 6 nitrogen and oxygen atoms in total. The molecule has 0 bridgehead atoms. The lowest BCUT2D eigenvalue weighted by Gasteiger charge is -2.28. The van der Waals surface area contributed by atoms with E-state index in [1.54, 1.807) is 19.1 Å². The monoisotopic (exact) mass is 331 g/mol. The molecule has 0 spiro atoms. The van der Waals surface area contributed by atoms with Gasteiger partial charge < -0.3 is 20.3 Å². The number of likely N-dealkylation sites (tertiary alicyclic amines) is 2. The van der Waals surface area contributed by atoms with Gasteiger partial charge in [-0.2, -0.15) is 0 Å². The van der Waals surface area contributed by atoms with Gasteiger partial charge in [0.25, 0.3) is 0 Å². The Morgan fingerprint density at radius 1 is 1.33 bits per heavy atom. The average molecular weight is 331 g/mol. The molecule has 1 aromatic rings. The summed E-state index contributed by atoms with van der Waals surface area (Å²) in [6.45, 7) is 2.05.